The molecule has 0 heterocycles. The Kier molecular flexibility index (Phi) is 6.74. The van der Waals surface area contributed by atoms with Gasteiger partial charge in [-0.2, -0.15) is 0 Å². The minimum absolute atomic E-state index is 0.198. The maximum absolute atomic E-state index is 12.6. The van der Waals surface area contributed by atoms with Gasteiger partial charge in [0.15, 0.2) is 0 Å². The van der Waals surface area contributed by atoms with E-state index in [9.17, 15) is 25.0 Å². The highest BCUT2D eigenvalue weighted by Crippen LogP contribution is 2.27. The number of rotatable bonds is 9. The lowest BCUT2D eigenvalue weighted by atomic mass is 10.1. The first kappa shape index (κ1) is 21.2. The van der Waals surface area contributed by atoms with Crippen molar-refractivity contribution in [1.29, 1.82) is 0 Å². The summed E-state index contributed by atoms with van der Waals surface area (Å²) in [5.74, 6) is 0.302. The van der Waals surface area contributed by atoms with Gasteiger partial charge in [-0.25, -0.2) is 0 Å². The Balaban J connectivity index is 1.69. The van der Waals surface area contributed by atoms with Gasteiger partial charge in [-0.1, -0.05) is 30.3 Å². The minimum Gasteiger partial charge on any atom is -0.490 e. The highest BCUT2D eigenvalue weighted by molar-refractivity contribution is 6.05. The van der Waals surface area contributed by atoms with Crippen LogP contribution in [0.1, 0.15) is 10.4 Å². The molecule has 0 radical (unpaired) electrons. The number of carbonyl (C=O) groups is 1. The second-order valence-electron chi connectivity index (χ2n) is 6.21. The number of carbonyl (C=O) groups excluding carboxylic acids is 1. The number of non-ortho nitro benzene ring substituents is 2. The number of anilines is 1. The Labute approximate surface area is 176 Å². The van der Waals surface area contributed by atoms with E-state index in [-0.39, 0.29) is 18.8 Å². The number of ether oxygens (including phenoxy) is 2. The van der Waals surface area contributed by atoms with Gasteiger partial charge in [0.05, 0.1) is 27.2 Å². The fourth-order valence-corrected chi connectivity index (χ4v) is 2.66. The molecule has 3 rings (SSSR count). The highest BCUT2D eigenvalue weighted by Gasteiger charge is 2.20. The van der Waals surface area contributed by atoms with Crippen LogP contribution in [-0.4, -0.2) is 29.0 Å². The number of hydrogen-bond donors (Lipinski definition) is 1. The first-order valence-electron chi connectivity index (χ1n) is 9.09. The molecule has 158 valence electrons. The maximum atomic E-state index is 12.6. The third-order valence-corrected chi connectivity index (χ3v) is 4.07. The van der Waals surface area contributed by atoms with Crippen molar-refractivity contribution in [2.45, 2.75) is 0 Å². The van der Waals surface area contributed by atoms with E-state index < -0.39 is 27.1 Å². The second-order valence-corrected chi connectivity index (χ2v) is 6.21. The van der Waals surface area contributed by atoms with Gasteiger partial charge in [-0.05, 0) is 24.3 Å². The van der Waals surface area contributed by atoms with Crippen LogP contribution in [0, 0.1) is 20.2 Å². The number of nitro benzene ring substituents is 2. The van der Waals surface area contributed by atoms with Crippen molar-refractivity contribution in [1.82, 2.24) is 0 Å². The predicted molar refractivity (Wildman–Crippen MR) is 112 cm³/mol. The lowest BCUT2D eigenvalue weighted by Gasteiger charge is -2.13. The van der Waals surface area contributed by atoms with Crippen molar-refractivity contribution in [3.8, 4) is 11.5 Å². The van der Waals surface area contributed by atoms with E-state index in [4.69, 9.17) is 9.47 Å². The van der Waals surface area contributed by atoms with Crippen LogP contribution in [0.2, 0.25) is 0 Å². The summed E-state index contributed by atoms with van der Waals surface area (Å²) in [7, 11) is 0. The molecule has 10 nitrogen and oxygen atoms in total. The molecule has 1 N–H and O–H groups in total. The molecule has 1 amide bonds. The number of benzene rings is 3. The van der Waals surface area contributed by atoms with E-state index in [0.29, 0.717) is 17.2 Å². The third kappa shape index (κ3) is 5.76. The Morgan fingerprint density at radius 2 is 1.39 bits per heavy atom. The SMILES string of the molecule is O=C(Nc1ccccc1OCCOc1ccccc1)c1cc([N+](=O)[O-])cc([N+](=O)[O-])c1. The number of hydrogen-bond acceptors (Lipinski definition) is 7. The molecule has 0 saturated heterocycles. The van der Waals surface area contributed by atoms with Crippen LogP contribution >= 0.6 is 0 Å². The summed E-state index contributed by atoms with van der Waals surface area (Å²) < 4.78 is 11.2. The molecule has 0 atom stereocenters. The van der Waals surface area contributed by atoms with E-state index >= 15 is 0 Å². The van der Waals surface area contributed by atoms with Gasteiger partial charge < -0.3 is 14.8 Å². The Morgan fingerprint density at radius 3 is 2.03 bits per heavy atom. The van der Waals surface area contributed by atoms with Crippen LogP contribution < -0.4 is 14.8 Å². The van der Waals surface area contributed by atoms with Gasteiger partial charge in [0.1, 0.15) is 24.7 Å². The largest absolute Gasteiger partial charge is 0.490 e. The lowest BCUT2D eigenvalue weighted by Crippen LogP contribution is -2.15. The molecular formula is C21H17N3O7. The fourth-order valence-electron chi connectivity index (χ4n) is 2.66. The van der Waals surface area contributed by atoms with Crippen LogP contribution in [0.4, 0.5) is 17.1 Å². The van der Waals surface area contributed by atoms with E-state index in [1.807, 2.05) is 30.3 Å². The van der Waals surface area contributed by atoms with Crippen molar-refractivity contribution >= 4 is 23.0 Å². The molecular weight excluding hydrogens is 406 g/mol. The van der Waals surface area contributed by atoms with Crippen LogP contribution in [0.5, 0.6) is 11.5 Å². The van der Waals surface area contributed by atoms with Crippen molar-refractivity contribution < 1.29 is 24.1 Å². The summed E-state index contributed by atoms with van der Waals surface area (Å²) in [5.41, 5.74) is -1.02. The van der Waals surface area contributed by atoms with Crippen LogP contribution in [0.25, 0.3) is 0 Å². The predicted octanol–water partition coefficient (Wildman–Crippen LogP) is 4.21. The average Bonchev–Trinajstić information content (AvgIpc) is 2.78. The standard InChI is InChI=1S/C21H17N3O7/c25-21(15-12-16(23(26)27)14-17(13-15)24(28)29)22-19-8-4-5-9-20(19)31-11-10-30-18-6-2-1-3-7-18/h1-9,12-14H,10-11H2,(H,22,25). The van der Waals surface area contributed by atoms with Gasteiger partial charge in [-0.15, -0.1) is 0 Å². The number of amides is 1. The summed E-state index contributed by atoms with van der Waals surface area (Å²) in [4.78, 5) is 33.1. The molecule has 0 fully saturated rings. The number of nitrogens with one attached hydrogen (secondary N) is 1. The second kappa shape index (κ2) is 9.83. The first-order chi connectivity index (χ1) is 14.9. The van der Waals surface area contributed by atoms with Gasteiger partial charge >= 0.3 is 0 Å². The first-order valence-corrected chi connectivity index (χ1v) is 9.09. The van der Waals surface area contributed by atoms with Crippen LogP contribution in [-0.2, 0) is 0 Å². The molecule has 0 aliphatic carbocycles. The lowest BCUT2D eigenvalue weighted by molar-refractivity contribution is -0.394. The minimum atomic E-state index is -0.798. The third-order valence-electron chi connectivity index (χ3n) is 4.07. The average molecular weight is 423 g/mol. The summed E-state index contributed by atoms with van der Waals surface area (Å²) in [6, 6.07) is 18.5. The topological polar surface area (TPSA) is 134 Å². The van der Waals surface area contributed by atoms with Crippen molar-refractivity contribution in [3.05, 3.63) is 98.6 Å². The summed E-state index contributed by atoms with van der Waals surface area (Å²) in [5, 5.41) is 24.6. The number of nitrogens with zero attached hydrogens (tertiary/aromatic N) is 2. The number of nitro groups is 2. The quantitative estimate of drug-likeness (QED) is 0.309. The molecule has 3 aromatic rings. The smallest absolute Gasteiger partial charge is 0.277 e. The van der Waals surface area contributed by atoms with E-state index in [0.717, 1.165) is 18.2 Å². The monoisotopic (exact) mass is 423 g/mol. The van der Waals surface area contributed by atoms with Gasteiger partial charge in [0.25, 0.3) is 17.3 Å². The van der Waals surface area contributed by atoms with Crippen molar-refractivity contribution in [3.63, 3.8) is 0 Å². The molecule has 0 spiro atoms. The number of para-hydroxylation sites is 3. The summed E-state index contributed by atoms with van der Waals surface area (Å²) in [6.45, 7) is 0.466. The zero-order valence-corrected chi connectivity index (χ0v) is 16.1. The van der Waals surface area contributed by atoms with E-state index in [2.05, 4.69) is 5.32 Å². The summed E-state index contributed by atoms with van der Waals surface area (Å²) in [6.07, 6.45) is 0. The molecule has 0 aliphatic heterocycles. The molecule has 0 aliphatic rings. The molecule has 0 saturated carbocycles. The molecule has 0 bridgehead atoms. The van der Waals surface area contributed by atoms with Crippen LogP contribution in [0.15, 0.2) is 72.8 Å². The molecule has 0 aromatic heterocycles. The van der Waals surface area contributed by atoms with Crippen molar-refractivity contribution in [2.75, 3.05) is 18.5 Å². The Hall–Kier alpha value is -4.47. The summed E-state index contributed by atoms with van der Waals surface area (Å²) >= 11 is 0. The molecule has 0 unspecified atom stereocenters. The van der Waals surface area contributed by atoms with Gasteiger partial charge in [0, 0.05) is 12.1 Å². The van der Waals surface area contributed by atoms with Crippen molar-refractivity contribution in [2.24, 2.45) is 0 Å². The highest BCUT2D eigenvalue weighted by atomic mass is 16.6. The zero-order chi connectivity index (χ0) is 22.2. The molecule has 31 heavy (non-hydrogen) atoms. The van der Waals surface area contributed by atoms with E-state index in [1.54, 1.807) is 24.3 Å². The zero-order valence-electron chi connectivity index (χ0n) is 16.1. The Morgan fingerprint density at radius 1 is 0.806 bits per heavy atom. The molecule has 10 heteroatoms. The normalized spacial score (nSPS) is 10.2. The van der Waals surface area contributed by atoms with Gasteiger partial charge in [0.2, 0.25) is 0 Å². The molecule has 3 aromatic carbocycles. The fraction of sp³-hybridized carbons (Fsp3) is 0.0952. The van der Waals surface area contributed by atoms with E-state index in [1.165, 1.54) is 0 Å². The Bertz CT molecular complexity index is 1070. The maximum Gasteiger partial charge on any atom is 0.277 e. The van der Waals surface area contributed by atoms with Crippen LogP contribution in [0.3, 0.4) is 0 Å². The van der Waals surface area contributed by atoms with Gasteiger partial charge in [-0.3, -0.25) is 25.0 Å².